The zero-order valence-electron chi connectivity index (χ0n) is 13.0. The number of carbonyl (C=O) groups excluding carboxylic acids is 1. The number of fused-ring (bicyclic) bond motifs is 1. The van der Waals surface area contributed by atoms with Crippen molar-refractivity contribution in [2.75, 3.05) is 0 Å². The number of benzene rings is 1. The minimum absolute atomic E-state index is 0.0315. The maximum absolute atomic E-state index is 12.4. The van der Waals surface area contributed by atoms with E-state index < -0.39 is 0 Å². The van der Waals surface area contributed by atoms with Crippen molar-refractivity contribution in [1.82, 2.24) is 15.1 Å². The lowest BCUT2D eigenvalue weighted by molar-refractivity contribution is 0.0930. The van der Waals surface area contributed by atoms with Crippen LogP contribution >= 0.6 is 0 Å². The smallest absolute Gasteiger partial charge is 0.255 e. The maximum Gasteiger partial charge on any atom is 0.255 e. The number of aryl methyl sites for hydroxylation is 3. The highest BCUT2D eigenvalue weighted by atomic mass is 16.3. The van der Waals surface area contributed by atoms with E-state index in [-0.39, 0.29) is 17.7 Å². The number of amides is 1. The second-order valence-corrected chi connectivity index (χ2v) is 5.89. The van der Waals surface area contributed by atoms with Gasteiger partial charge in [0.25, 0.3) is 5.91 Å². The van der Waals surface area contributed by atoms with Crippen LogP contribution in [-0.2, 0) is 26.3 Å². The lowest BCUT2D eigenvalue weighted by atomic mass is 9.93. The summed E-state index contributed by atoms with van der Waals surface area (Å²) in [4.78, 5) is 12.4. The zero-order valence-corrected chi connectivity index (χ0v) is 13.0. The standard InChI is InChI=1S/C17H21N3O2/c1-3-11-4-7-16(21)14(8-11)17(22)18-13-6-5-12-10-20(2)19-15(12)9-13/h4,7-8,10,13,21H,3,5-6,9H2,1-2H3,(H,18,22). The van der Waals surface area contributed by atoms with Crippen LogP contribution in [0.3, 0.4) is 0 Å². The van der Waals surface area contributed by atoms with Crippen LogP contribution in [0.2, 0.25) is 0 Å². The first-order valence-corrected chi connectivity index (χ1v) is 7.71. The van der Waals surface area contributed by atoms with E-state index in [9.17, 15) is 9.90 Å². The van der Waals surface area contributed by atoms with Gasteiger partial charge in [-0.25, -0.2) is 0 Å². The van der Waals surface area contributed by atoms with Crippen molar-refractivity contribution >= 4 is 5.91 Å². The molecule has 3 rings (SSSR count). The fourth-order valence-electron chi connectivity index (χ4n) is 3.00. The van der Waals surface area contributed by atoms with Crippen LogP contribution in [-0.4, -0.2) is 26.8 Å². The molecule has 1 atom stereocenters. The van der Waals surface area contributed by atoms with Gasteiger partial charge in [-0.1, -0.05) is 13.0 Å². The summed E-state index contributed by atoms with van der Waals surface area (Å²) < 4.78 is 1.82. The van der Waals surface area contributed by atoms with E-state index >= 15 is 0 Å². The second kappa shape index (κ2) is 5.83. The van der Waals surface area contributed by atoms with Crippen molar-refractivity contribution < 1.29 is 9.90 Å². The van der Waals surface area contributed by atoms with Crippen molar-refractivity contribution in [3.8, 4) is 5.75 Å². The largest absolute Gasteiger partial charge is 0.507 e. The molecule has 1 heterocycles. The molecule has 2 aromatic rings. The van der Waals surface area contributed by atoms with E-state index in [2.05, 4.69) is 10.4 Å². The summed E-state index contributed by atoms with van der Waals surface area (Å²) in [6.07, 6.45) is 5.45. The predicted molar refractivity (Wildman–Crippen MR) is 84.0 cm³/mol. The average Bonchev–Trinajstić information content (AvgIpc) is 2.87. The van der Waals surface area contributed by atoms with E-state index in [0.717, 1.165) is 36.9 Å². The Labute approximate surface area is 130 Å². The van der Waals surface area contributed by atoms with Crippen LogP contribution in [0.4, 0.5) is 0 Å². The van der Waals surface area contributed by atoms with Crippen LogP contribution < -0.4 is 5.32 Å². The van der Waals surface area contributed by atoms with Gasteiger partial charge in [0.15, 0.2) is 0 Å². The van der Waals surface area contributed by atoms with Gasteiger partial charge in [0.05, 0.1) is 11.3 Å². The summed E-state index contributed by atoms with van der Waals surface area (Å²) in [5.74, 6) is -0.179. The molecule has 0 spiro atoms. The molecule has 0 saturated carbocycles. The first kappa shape index (κ1) is 14.6. The second-order valence-electron chi connectivity index (χ2n) is 5.89. The van der Waals surface area contributed by atoms with Gasteiger partial charge in [0, 0.05) is 25.7 Å². The van der Waals surface area contributed by atoms with Crippen molar-refractivity contribution in [3.63, 3.8) is 0 Å². The van der Waals surface area contributed by atoms with Gasteiger partial charge in [-0.2, -0.15) is 5.10 Å². The predicted octanol–water partition coefficient (Wildman–Crippen LogP) is 1.98. The Kier molecular flexibility index (Phi) is 3.88. The Morgan fingerprint density at radius 1 is 1.50 bits per heavy atom. The molecule has 1 aliphatic rings. The van der Waals surface area contributed by atoms with Crippen LogP contribution in [0.5, 0.6) is 5.75 Å². The topological polar surface area (TPSA) is 67.2 Å². The van der Waals surface area contributed by atoms with E-state index in [1.165, 1.54) is 5.56 Å². The number of nitrogens with one attached hydrogen (secondary N) is 1. The Morgan fingerprint density at radius 3 is 3.09 bits per heavy atom. The Bertz CT molecular complexity index is 706. The van der Waals surface area contributed by atoms with Crippen LogP contribution in [0.1, 0.15) is 40.5 Å². The quantitative estimate of drug-likeness (QED) is 0.910. The Morgan fingerprint density at radius 2 is 2.32 bits per heavy atom. The summed E-state index contributed by atoms with van der Waals surface area (Å²) >= 11 is 0. The van der Waals surface area contributed by atoms with Gasteiger partial charge in [0.2, 0.25) is 0 Å². The van der Waals surface area contributed by atoms with Gasteiger partial charge in [-0.3, -0.25) is 9.48 Å². The zero-order chi connectivity index (χ0) is 15.7. The van der Waals surface area contributed by atoms with E-state index in [1.807, 2.05) is 30.9 Å². The first-order valence-electron chi connectivity index (χ1n) is 7.71. The molecular formula is C17H21N3O2. The first-order chi connectivity index (χ1) is 10.6. The van der Waals surface area contributed by atoms with Crippen molar-refractivity contribution in [1.29, 1.82) is 0 Å². The van der Waals surface area contributed by atoms with Gasteiger partial charge >= 0.3 is 0 Å². The average molecular weight is 299 g/mol. The number of hydrogen-bond donors (Lipinski definition) is 2. The van der Waals surface area contributed by atoms with Gasteiger partial charge in [-0.15, -0.1) is 0 Å². The molecule has 0 saturated heterocycles. The summed E-state index contributed by atoms with van der Waals surface area (Å²) in [5.41, 5.74) is 3.72. The molecular weight excluding hydrogens is 278 g/mol. The third-order valence-corrected chi connectivity index (χ3v) is 4.24. The minimum atomic E-state index is -0.211. The fraction of sp³-hybridized carbons (Fsp3) is 0.412. The fourth-order valence-corrected chi connectivity index (χ4v) is 3.00. The highest BCUT2D eigenvalue weighted by Crippen LogP contribution is 2.22. The molecule has 0 bridgehead atoms. The number of phenols is 1. The SMILES string of the molecule is CCc1ccc(O)c(C(=O)NC2CCc3cn(C)nc3C2)c1. The summed E-state index contributed by atoms with van der Waals surface area (Å²) in [6, 6.07) is 5.26. The third kappa shape index (κ3) is 2.84. The van der Waals surface area contributed by atoms with Crippen LogP contribution in [0, 0.1) is 0 Å². The Hall–Kier alpha value is -2.30. The number of aromatic nitrogens is 2. The normalized spacial score (nSPS) is 17.1. The number of hydrogen-bond acceptors (Lipinski definition) is 3. The molecule has 0 radical (unpaired) electrons. The summed E-state index contributed by atoms with van der Waals surface area (Å²) in [7, 11) is 1.92. The number of aromatic hydroxyl groups is 1. The Balaban J connectivity index is 1.73. The molecule has 1 aromatic carbocycles. The molecule has 5 nitrogen and oxygen atoms in total. The molecule has 2 N–H and O–H groups in total. The number of nitrogens with zero attached hydrogens (tertiary/aromatic N) is 2. The number of carbonyl (C=O) groups is 1. The number of rotatable bonds is 3. The molecule has 1 amide bonds. The van der Waals surface area contributed by atoms with Gasteiger partial charge in [0.1, 0.15) is 5.75 Å². The molecule has 5 heteroatoms. The maximum atomic E-state index is 12.4. The van der Waals surface area contributed by atoms with Gasteiger partial charge < -0.3 is 10.4 Å². The summed E-state index contributed by atoms with van der Waals surface area (Å²) in [5, 5.41) is 17.4. The molecule has 0 fully saturated rings. The summed E-state index contributed by atoms with van der Waals surface area (Å²) in [6.45, 7) is 2.03. The molecule has 22 heavy (non-hydrogen) atoms. The van der Waals surface area contributed by atoms with E-state index in [4.69, 9.17) is 0 Å². The van der Waals surface area contributed by atoms with Crippen LogP contribution in [0.25, 0.3) is 0 Å². The molecule has 1 aromatic heterocycles. The highest BCUT2D eigenvalue weighted by molar-refractivity contribution is 5.97. The van der Waals surface area contributed by atoms with Crippen molar-refractivity contribution in [3.05, 3.63) is 46.8 Å². The molecule has 0 aliphatic heterocycles. The van der Waals surface area contributed by atoms with E-state index in [1.54, 1.807) is 12.1 Å². The minimum Gasteiger partial charge on any atom is -0.507 e. The number of phenolic OH excluding ortho intramolecular Hbond substituents is 1. The molecule has 1 aliphatic carbocycles. The monoisotopic (exact) mass is 299 g/mol. The lowest BCUT2D eigenvalue weighted by Gasteiger charge is -2.22. The van der Waals surface area contributed by atoms with Crippen molar-refractivity contribution in [2.24, 2.45) is 7.05 Å². The lowest BCUT2D eigenvalue weighted by Crippen LogP contribution is -2.38. The van der Waals surface area contributed by atoms with Crippen LogP contribution in [0.15, 0.2) is 24.4 Å². The molecule has 116 valence electrons. The third-order valence-electron chi connectivity index (χ3n) is 4.24. The van der Waals surface area contributed by atoms with E-state index in [0.29, 0.717) is 5.56 Å². The van der Waals surface area contributed by atoms with Gasteiger partial charge in [-0.05, 0) is 42.5 Å². The molecule has 1 unspecified atom stereocenters. The highest BCUT2D eigenvalue weighted by Gasteiger charge is 2.24. The van der Waals surface area contributed by atoms with Crippen molar-refractivity contribution in [2.45, 2.75) is 38.6 Å².